The van der Waals surface area contributed by atoms with Crippen molar-refractivity contribution < 1.29 is 40.6 Å². The molecule has 5 nitrogen and oxygen atoms in total. The lowest BCUT2D eigenvalue weighted by Gasteiger charge is -2.23. The number of rotatable bonds is 4. The van der Waals surface area contributed by atoms with Crippen LogP contribution in [0.4, 0.5) is 32.0 Å². The molecule has 31 heavy (non-hydrogen) atoms. The predicted molar refractivity (Wildman–Crippen MR) is 98.1 cm³/mol. The summed E-state index contributed by atoms with van der Waals surface area (Å²) in [5, 5.41) is 1.99. The molecule has 0 unspecified atom stereocenters. The minimum atomic E-state index is -5.03. The fourth-order valence-electron chi connectivity index (χ4n) is 2.82. The van der Waals surface area contributed by atoms with E-state index < -0.39 is 35.1 Å². The van der Waals surface area contributed by atoms with E-state index >= 15 is 0 Å². The summed E-state index contributed by atoms with van der Waals surface area (Å²) in [6.45, 7) is 1.03. The maximum absolute atomic E-state index is 13.0. The number of nitrogens with one attached hydrogen (secondary N) is 1. The Morgan fingerprint density at radius 2 is 1.61 bits per heavy atom. The van der Waals surface area contributed by atoms with Gasteiger partial charge in [0, 0.05) is 24.7 Å². The number of carbonyl (C=O) groups excluding carboxylic acids is 1. The highest BCUT2D eigenvalue weighted by Gasteiger charge is 2.37. The van der Waals surface area contributed by atoms with Crippen LogP contribution < -0.4 is 10.1 Å². The Hall–Kier alpha value is -2.53. The highest BCUT2D eigenvalue weighted by molar-refractivity contribution is 6.32. The summed E-state index contributed by atoms with van der Waals surface area (Å²) < 4.78 is 88.6. The van der Waals surface area contributed by atoms with Crippen LogP contribution >= 0.6 is 11.6 Å². The van der Waals surface area contributed by atoms with Crippen LogP contribution in [0, 0.1) is 0 Å². The van der Waals surface area contributed by atoms with Gasteiger partial charge in [-0.3, -0.25) is 4.79 Å². The summed E-state index contributed by atoms with van der Waals surface area (Å²) in [5.41, 5.74) is -3.94. The molecule has 1 saturated heterocycles. The zero-order chi connectivity index (χ0) is 22.8. The maximum Gasteiger partial charge on any atom is 0.416 e. The summed E-state index contributed by atoms with van der Waals surface area (Å²) in [6.07, 6.45) is -7.93. The van der Waals surface area contributed by atoms with E-state index in [-0.39, 0.29) is 28.6 Å². The summed E-state index contributed by atoms with van der Waals surface area (Å²) in [6, 6.07) is 1.95. The first-order valence-corrected chi connectivity index (χ1v) is 9.32. The number of halogens is 7. The second-order valence-electron chi connectivity index (χ2n) is 6.69. The smallest absolute Gasteiger partial charge is 0.416 e. The lowest BCUT2D eigenvalue weighted by atomic mass is 10.1. The molecule has 1 fully saturated rings. The van der Waals surface area contributed by atoms with Crippen LogP contribution in [0.3, 0.4) is 0 Å². The molecule has 0 radical (unpaired) electrons. The molecule has 1 N–H and O–H groups in total. The summed E-state index contributed by atoms with van der Waals surface area (Å²) in [5.74, 6) is -0.928. The van der Waals surface area contributed by atoms with Crippen LogP contribution in [-0.2, 0) is 17.1 Å². The van der Waals surface area contributed by atoms with Gasteiger partial charge in [-0.25, -0.2) is 4.98 Å². The van der Waals surface area contributed by atoms with Crippen LogP contribution in [0.2, 0.25) is 5.02 Å². The topological polar surface area (TPSA) is 60.5 Å². The Morgan fingerprint density at radius 1 is 1.03 bits per heavy atom. The van der Waals surface area contributed by atoms with Gasteiger partial charge in [0.05, 0.1) is 29.9 Å². The highest BCUT2D eigenvalue weighted by Crippen LogP contribution is 2.37. The van der Waals surface area contributed by atoms with E-state index in [9.17, 15) is 31.1 Å². The van der Waals surface area contributed by atoms with Gasteiger partial charge in [0.1, 0.15) is 11.1 Å². The van der Waals surface area contributed by atoms with Crippen LogP contribution in [0.25, 0.3) is 0 Å². The molecule has 1 aliphatic rings. The predicted octanol–water partition coefficient (Wildman–Crippen LogP) is 5.58. The van der Waals surface area contributed by atoms with E-state index in [1.54, 1.807) is 0 Å². The number of ether oxygens (including phenoxy) is 2. The fraction of sp³-hybridized carbons (Fsp3) is 0.368. The number of anilines is 1. The SMILES string of the molecule is O=C(Nc1cc(C(F)(F)F)cc(C(F)(F)F)c1)c1cnc(OC2CCOCC2)c(Cl)c1. The van der Waals surface area contributed by atoms with Gasteiger partial charge in [-0.2, -0.15) is 26.3 Å². The zero-order valence-electron chi connectivity index (χ0n) is 15.6. The first-order chi connectivity index (χ1) is 14.4. The molecule has 0 saturated carbocycles. The molecule has 1 aromatic carbocycles. The molecule has 0 atom stereocenters. The molecule has 168 valence electrons. The summed E-state index contributed by atoms with van der Waals surface area (Å²) in [4.78, 5) is 16.3. The largest absolute Gasteiger partial charge is 0.473 e. The standard InChI is InChI=1S/C19H15ClF6N2O3/c20-15-5-10(9-27-17(15)31-14-1-3-30-4-2-14)16(29)28-13-7-11(18(21,22)23)6-12(8-13)19(24,25)26/h5-9,14H,1-4H2,(H,28,29). The lowest BCUT2D eigenvalue weighted by Crippen LogP contribution is -2.26. The van der Waals surface area contributed by atoms with Crippen molar-refractivity contribution in [2.24, 2.45) is 0 Å². The molecule has 12 heteroatoms. The zero-order valence-corrected chi connectivity index (χ0v) is 16.4. The molecular weight excluding hydrogens is 454 g/mol. The van der Waals surface area contributed by atoms with E-state index in [4.69, 9.17) is 21.1 Å². The van der Waals surface area contributed by atoms with Gasteiger partial charge in [0.15, 0.2) is 0 Å². The second-order valence-corrected chi connectivity index (χ2v) is 7.10. The van der Waals surface area contributed by atoms with Crippen LogP contribution in [0.5, 0.6) is 5.88 Å². The van der Waals surface area contributed by atoms with Gasteiger partial charge in [-0.15, -0.1) is 0 Å². The molecule has 0 bridgehead atoms. The number of hydrogen-bond donors (Lipinski definition) is 1. The average Bonchev–Trinajstić information content (AvgIpc) is 2.68. The highest BCUT2D eigenvalue weighted by atomic mass is 35.5. The number of hydrogen-bond acceptors (Lipinski definition) is 4. The second kappa shape index (κ2) is 8.91. The number of aromatic nitrogens is 1. The number of nitrogens with zero attached hydrogens (tertiary/aromatic N) is 1. The Labute approximate surface area is 177 Å². The van der Waals surface area contributed by atoms with E-state index in [1.807, 2.05) is 5.32 Å². The van der Waals surface area contributed by atoms with Crippen molar-refractivity contribution >= 4 is 23.2 Å². The molecular formula is C19H15ClF6N2O3. The van der Waals surface area contributed by atoms with Crippen molar-refractivity contribution in [3.8, 4) is 5.88 Å². The lowest BCUT2D eigenvalue weighted by molar-refractivity contribution is -0.143. The third-order valence-corrected chi connectivity index (χ3v) is 4.63. The van der Waals surface area contributed by atoms with Gasteiger partial charge in [-0.05, 0) is 24.3 Å². The van der Waals surface area contributed by atoms with Crippen molar-refractivity contribution in [2.75, 3.05) is 18.5 Å². The Kier molecular flexibility index (Phi) is 6.65. The Balaban J connectivity index is 1.80. The number of alkyl halides is 6. The number of pyridine rings is 1. The van der Waals surface area contributed by atoms with Gasteiger partial charge in [-0.1, -0.05) is 11.6 Å². The fourth-order valence-corrected chi connectivity index (χ4v) is 3.03. The molecule has 0 aliphatic carbocycles. The van der Waals surface area contributed by atoms with Gasteiger partial charge < -0.3 is 14.8 Å². The number of amides is 1. The van der Waals surface area contributed by atoms with Crippen molar-refractivity contribution in [2.45, 2.75) is 31.3 Å². The number of carbonyl (C=O) groups is 1. The van der Waals surface area contributed by atoms with Crippen LogP contribution in [-0.4, -0.2) is 30.2 Å². The quantitative estimate of drug-likeness (QED) is 0.595. The Morgan fingerprint density at radius 3 is 2.13 bits per heavy atom. The minimum Gasteiger partial charge on any atom is -0.473 e. The molecule has 1 aromatic heterocycles. The minimum absolute atomic E-state index is 0.0286. The number of benzene rings is 1. The first-order valence-electron chi connectivity index (χ1n) is 8.94. The Bertz CT molecular complexity index is 926. The van der Waals surface area contributed by atoms with E-state index in [1.165, 1.54) is 0 Å². The van der Waals surface area contributed by atoms with Crippen molar-refractivity contribution in [3.63, 3.8) is 0 Å². The monoisotopic (exact) mass is 468 g/mol. The van der Waals surface area contributed by atoms with Crippen molar-refractivity contribution in [1.29, 1.82) is 0 Å². The molecule has 0 spiro atoms. The molecule has 1 amide bonds. The maximum atomic E-state index is 13.0. The third kappa shape index (κ3) is 6.01. The van der Waals surface area contributed by atoms with Gasteiger partial charge in [0.2, 0.25) is 5.88 Å². The molecule has 2 heterocycles. The van der Waals surface area contributed by atoms with Gasteiger partial charge in [0.25, 0.3) is 5.91 Å². The van der Waals surface area contributed by atoms with Crippen LogP contribution in [0.15, 0.2) is 30.5 Å². The van der Waals surface area contributed by atoms with Crippen molar-refractivity contribution in [3.05, 3.63) is 52.2 Å². The van der Waals surface area contributed by atoms with Crippen molar-refractivity contribution in [1.82, 2.24) is 4.98 Å². The first kappa shape index (κ1) is 23.1. The molecule has 2 aromatic rings. The van der Waals surface area contributed by atoms with E-state index in [0.29, 0.717) is 38.2 Å². The molecule has 1 aliphatic heterocycles. The third-order valence-electron chi connectivity index (χ3n) is 4.36. The summed E-state index contributed by atoms with van der Waals surface area (Å²) >= 11 is 6.07. The van der Waals surface area contributed by atoms with Crippen LogP contribution in [0.1, 0.15) is 34.3 Å². The molecule has 3 rings (SSSR count). The van der Waals surface area contributed by atoms with Gasteiger partial charge >= 0.3 is 12.4 Å². The average molecular weight is 469 g/mol. The normalized spacial score (nSPS) is 15.6. The van der Waals surface area contributed by atoms with E-state index in [0.717, 1.165) is 12.3 Å². The van der Waals surface area contributed by atoms with E-state index in [2.05, 4.69) is 4.98 Å². The summed E-state index contributed by atoms with van der Waals surface area (Å²) in [7, 11) is 0.